The normalized spacial score (nSPS) is 10.5. The fourth-order valence-corrected chi connectivity index (χ4v) is 3.49. The zero-order valence-electron chi connectivity index (χ0n) is 19.1. The summed E-state index contributed by atoms with van der Waals surface area (Å²) in [5, 5.41) is 5.25. The monoisotopic (exact) mass is 496 g/mol. The largest absolute Gasteiger partial charge is 0.466 e. The zero-order chi connectivity index (χ0) is 25.0. The SMILES string of the molecule is O=C(CCCC(=O)OCCCc1ccccc1)Nc1cccc(C(=O)Nc2ccc(F)c(Cl)c2)c1. The number of rotatable bonds is 11. The number of nitrogens with one attached hydrogen (secondary N) is 2. The summed E-state index contributed by atoms with van der Waals surface area (Å²) in [6, 6.07) is 20.3. The molecule has 0 spiro atoms. The number of aryl methyl sites for hydroxylation is 1. The minimum Gasteiger partial charge on any atom is -0.466 e. The summed E-state index contributed by atoms with van der Waals surface area (Å²) in [6.07, 6.45) is 2.24. The van der Waals surface area contributed by atoms with Gasteiger partial charge in [0, 0.05) is 29.8 Å². The number of halogens is 2. The van der Waals surface area contributed by atoms with Gasteiger partial charge in [-0.05, 0) is 61.2 Å². The summed E-state index contributed by atoms with van der Waals surface area (Å²) >= 11 is 5.74. The Morgan fingerprint density at radius 2 is 1.60 bits per heavy atom. The molecule has 0 radical (unpaired) electrons. The molecule has 0 heterocycles. The van der Waals surface area contributed by atoms with E-state index in [4.69, 9.17) is 16.3 Å². The third kappa shape index (κ3) is 8.87. The van der Waals surface area contributed by atoms with Gasteiger partial charge in [0.15, 0.2) is 0 Å². The van der Waals surface area contributed by atoms with Gasteiger partial charge in [-0.15, -0.1) is 0 Å². The molecule has 8 heteroatoms. The molecule has 0 saturated heterocycles. The minimum atomic E-state index is -0.578. The molecule has 0 aliphatic rings. The molecule has 0 aromatic heterocycles. The van der Waals surface area contributed by atoms with E-state index in [0.717, 1.165) is 18.9 Å². The third-order valence-electron chi connectivity index (χ3n) is 5.09. The van der Waals surface area contributed by atoms with Crippen molar-refractivity contribution in [1.29, 1.82) is 0 Å². The van der Waals surface area contributed by atoms with Crippen LogP contribution in [-0.2, 0) is 20.7 Å². The van der Waals surface area contributed by atoms with E-state index >= 15 is 0 Å². The molecule has 3 aromatic carbocycles. The highest BCUT2D eigenvalue weighted by atomic mass is 35.5. The van der Waals surface area contributed by atoms with Gasteiger partial charge in [0.25, 0.3) is 5.91 Å². The lowest BCUT2D eigenvalue weighted by Gasteiger charge is -2.09. The first-order chi connectivity index (χ1) is 16.9. The van der Waals surface area contributed by atoms with E-state index in [2.05, 4.69) is 10.6 Å². The van der Waals surface area contributed by atoms with Gasteiger partial charge in [0.2, 0.25) is 5.91 Å². The molecule has 0 unspecified atom stereocenters. The van der Waals surface area contributed by atoms with E-state index in [1.165, 1.54) is 23.8 Å². The van der Waals surface area contributed by atoms with Crippen molar-refractivity contribution in [2.75, 3.05) is 17.2 Å². The predicted octanol–water partition coefficient (Wildman–Crippen LogP) is 6.02. The van der Waals surface area contributed by atoms with E-state index in [-0.39, 0.29) is 29.7 Å². The summed E-state index contributed by atoms with van der Waals surface area (Å²) < 4.78 is 18.5. The summed E-state index contributed by atoms with van der Waals surface area (Å²) in [5.74, 6) is -1.61. The maximum Gasteiger partial charge on any atom is 0.305 e. The number of benzene rings is 3. The fraction of sp³-hybridized carbons (Fsp3) is 0.222. The van der Waals surface area contributed by atoms with Gasteiger partial charge >= 0.3 is 5.97 Å². The smallest absolute Gasteiger partial charge is 0.305 e. The van der Waals surface area contributed by atoms with E-state index in [0.29, 0.717) is 30.0 Å². The van der Waals surface area contributed by atoms with Gasteiger partial charge < -0.3 is 15.4 Å². The molecule has 0 aliphatic carbocycles. The lowest BCUT2D eigenvalue weighted by molar-refractivity contribution is -0.143. The maximum absolute atomic E-state index is 13.3. The highest BCUT2D eigenvalue weighted by molar-refractivity contribution is 6.31. The number of hydrogen-bond donors (Lipinski definition) is 2. The average Bonchev–Trinajstić information content (AvgIpc) is 2.85. The van der Waals surface area contributed by atoms with Crippen LogP contribution in [0.4, 0.5) is 15.8 Å². The summed E-state index contributed by atoms with van der Waals surface area (Å²) in [7, 11) is 0. The molecule has 2 amide bonds. The van der Waals surface area contributed by atoms with Gasteiger partial charge in [-0.3, -0.25) is 14.4 Å². The number of esters is 1. The predicted molar refractivity (Wildman–Crippen MR) is 134 cm³/mol. The quantitative estimate of drug-likeness (QED) is 0.251. The number of carbonyl (C=O) groups excluding carboxylic acids is 3. The van der Waals surface area contributed by atoms with Crippen LogP contribution in [0, 0.1) is 5.82 Å². The lowest BCUT2D eigenvalue weighted by atomic mass is 10.1. The second-order valence-corrected chi connectivity index (χ2v) is 8.28. The first-order valence-electron chi connectivity index (χ1n) is 11.3. The molecule has 3 rings (SSSR count). The van der Waals surface area contributed by atoms with Gasteiger partial charge in [-0.1, -0.05) is 48.0 Å². The molecule has 0 aliphatic heterocycles. The Kier molecular flexibility index (Phi) is 9.80. The van der Waals surface area contributed by atoms with Crippen molar-refractivity contribution in [1.82, 2.24) is 0 Å². The number of amides is 2. The average molecular weight is 497 g/mol. The topological polar surface area (TPSA) is 84.5 Å². The van der Waals surface area contributed by atoms with Crippen molar-refractivity contribution in [3.05, 3.63) is 94.8 Å². The summed E-state index contributed by atoms with van der Waals surface area (Å²) in [4.78, 5) is 36.6. The van der Waals surface area contributed by atoms with Gasteiger partial charge in [-0.2, -0.15) is 0 Å². The highest BCUT2D eigenvalue weighted by Gasteiger charge is 2.11. The number of hydrogen-bond acceptors (Lipinski definition) is 4. The zero-order valence-corrected chi connectivity index (χ0v) is 19.8. The highest BCUT2D eigenvalue weighted by Crippen LogP contribution is 2.20. The fourth-order valence-electron chi connectivity index (χ4n) is 3.31. The van der Waals surface area contributed by atoms with Crippen LogP contribution in [0.2, 0.25) is 5.02 Å². The summed E-state index contributed by atoms with van der Waals surface area (Å²) in [5.41, 5.74) is 2.30. The minimum absolute atomic E-state index is 0.0973. The van der Waals surface area contributed by atoms with E-state index in [9.17, 15) is 18.8 Å². The Bertz CT molecular complexity index is 1170. The molecular weight excluding hydrogens is 471 g/mol. The van der Waals surface area contributed by atoms with Crippen LogP contribution in [0.15, 0.2) is 72.8 Å². The molecule has 3 aromatic rings. The molecular formula is C27H26ClFN2O4. The maximum atomic E-state index is 13.3. The molecule has 0 fully saturated rings. The van der Waals surface area contributed by atoms with Gasteiger partial charge in [-0.25, -0.2) is 4.39 Å². The van der Waals surface area contributed by atoms with E-state index in [1.807, 2.05) is 30.3 Å². The second-order valence-electron chi connectivity index (χ2n) is 7.88. The molecule has 35 heavy (non-hydrogen) atoms. The van der Waals surface area contributed by atoms with Crippen molar-refractivity contribution in [3.8, 4) is 0 Å². The van der Waals surface area contributed by atoms with E-state index < -0.39 is 11.7 Å². The Morgan fingerprint density at radius 3 is 2.37 bits per heavy atom. The summed E-state index contributed by atoms with van der Waals surface area (Å²) in [6.45, 7) is 0.346. The second kappa shape index (κ2) is 13.2. The molecule has 2 N–H and O–H groups in total. The standard InChI is InChI=1S/C27H26ClFN2O4/c28-23-18-22(14-15-24(23)29)31-27(34)20-10-4-11-21(17-20)30-25(32)12-5-13-26(33)35-16-6-9-19-7-2-1-3-8-19/h1-4,7-8,10-11,14-15,17-18H,5-6,9,12-13,16H2,(H,30,32)(H,31,34). The Morgan fingerprint density at radius 1 is 0.829 bits per heavy atom. The van der Waals surface area contributed by atoms with E-state index in [1.54, 1.807) is 18.2 Å². The Hall–Kier alpha value is -3.71. The Balaban J connectivity index is 1.37. The van der Waals surface area contributed by atoms with Crippen LogP contribution in [0.3, 0.4) is 0 Å². The van der Waals surface area contributed by atoms with Crippen molar-refractivity contribution in [2.24, 2.45) is 0 Å². The number of anilines is 2. The van der Waals surface area contributed by atoms with Crippen LogP contribution in [0.1, 0.15) is 41.6 Å². The molecule has 0 atom stereocenters. The van der Waals surface area contributed by atoms with Crippen LogP contribution >= 0.6 is 11.6 Å². The Labute approximate surface area is 208 Å². The number of carbonyl (C=O) groups is 3. The van der Waals surface area contributed by atoms with Crippen LogP contribution in [0.25, 0.3) is 0 Å². The number of ether oxygens (including phenoxy) is 1. The molecule has 0 bridgehead atoms. The molecule has 0 saturated carbocycles. The van der Waals surface area contributed by atoms with Crippen molar-refractivity contribution >= 4 is 40.8 Å². The third-order valence-corrected chi connectivity index (χ3v) is 5.38. The van der Waals surface area contributed by atoms with Gasteiger partial charge in [0.05, 0.1) is 11.6 Å². The first-order valence-corrected chi connectivity index (χ1v) is 11.6. The van der Waals surface area contributed by atoms with Crippen LogP contribution in [-0.4, -0.2) is 24.4 Å². The molecule has 182 valence electrons. The van der Waals surface area contributed by atoms with Crippen LogP contribution in [0.5, 0.6) is 0 Å². The van der Waals surface area contributed by atoms with Crippen molar-refractivity contribution < 1.29 is 23.5 Å². The van der Waals surface area contributed by atoms with Crippen molar-refractivity contribution in [2.45, 2.75) is 32.1 Å². The first kappa shape index (κ1) is 25.9. The lowest BCUT2D eigenvalue weighted by Crippen LogP contribution is -2.15. The van der Waals surface area contributed by atoms with Crippen molar-refractivity contribution in [3.63, 3.8) is 0 Å². The molecule has 6 nitrogen and oxygen atoms in total. The van der Waals surface area contributed by atoms with Crippen LogP contribution < -0.4 is 10.6 Å². The van der Waals surface area contributed by atoms with Gasteiger partial charge in [0.1, 0.15) is 5.82 Å².